The van der Waals surface area contributed by atoms with Crippen LogP contribution in [0.25, 0.3) is 0 Å². The van der Waals surface area contributed by atoms with Gasteiger partial charge in [-0.3, -0.25) is 4.79 Å². The van der Waals surface area contributed by atoms with Crippen molar-refractivity contribution in [2.75, 3.05) is 7.05 Å². The number of rotatable bonds is 4. The Hall–Kier alpha value is -1.86. The summed E-state index contributed by atoms with van der Waals surface area (Å²) in [5, 5.41) is 19.2. The second-order valence-electron chi connectivity index (χ2n) is 5.75. The highest BCUT2D eigenvalue weighted by molar-refractivity contribution is 5.84. The maximum absolute atomic E-state index is 12.4. The Labute approximate surface area is 119 Å². The fourth-order valence-corrected chi connectivity index (χ4v) is 2.56. The number of nitriles is 1. The van der Waals surface area contributed by atoms with Crippen molar-refractivity contribution < 1.29 is 9.90 Å². The van der Waals surface area contributed by atoms with Crippen molar-refractivity contribution in [1.82, 2.24) is 4.90 Å². The maximum atomic E-state index is 12.4. The third-order valence-electron chi connectivity index (χ3n) is 4.18. The number of carbonyl (C=O) groups is 1. The summed E-state index contributed by atoms with van der Waals surface area (Å²) in [6.45, 7) is 2.06. The van der Waals surface area contributed by atoms with Crippen LogP contribution >= 0.6 is 0 Å². The molecule has 1 aromatic rings. The summed E-state index contributed by atoms with van der Waals surface area (Å²) in [7, 11) is 1.70. The van der Waals surface area contributed by atoms with Gasteiger partial charge in [0.15, 0.2) is 0 Å². The molecule has 1 fully saturated rings. The van der Waals surface area contributed by atoms with Gasteiger partial charge in [0.2, 0.25) is 0 Å². The highest BCUT2D eigenvalue weighted by Crippen LogP contribution is 2.37. The van der Waals surface area contributed by atoms with E-state index in [1.54, 1.807) is 31.0 Å². The van der Waals surface area contributed by atoms with E-state index in [1.165, 1.54) is 0 Å². The highest BCUT2D eigenvalue weighted by atomic mass is 16.3. The van der Waals surface area contributed by atoms with Crippen molar-refractivity contribution >= 4 is 5.91 Å². The first kappa shape index (κ1) is 14.5. The van der Waals surface area contributed by atoms with E-state index in [0.29, 0.717) is 12.1 Å². The molecule has 0 spiro atoms. The Kier molecular flexibility index (Phi) is 4.10. The molecule has 1 aromatic carbocycles. The van der Waals surface area contributed by atoms with Crippen LogP contribution in [-0.4, -0.2) is 28.6 Å². The Bertz CT molecular complexity index is 524. The van der Waals surface area contributed by atoms with E-state index < -0.39 is 5.60 Å². The molecule has 0 radical (unpaired) electrons. The van der Waals surface area contributed by atoms with Gasteiger partial charge >= 0.3 is 0 Å². The molecule has 20 heavy (non-hydrogen) atoms. The number of likely N-dealkylation sites (N-methyl/N-ethyl adjacent to an activating group) is 1. The Morgan fingerprint density at radius 3 is 2.50 bits per heavy atom. The molecule has 0 heterocycles. The lowest BCUT2D eigenvalue weighted by molar-refractivity contribution is -0.158. The van der Waals surface area contributed by atoms with Crippen LogP contribution in [0.4, 0.5) is 0 Å². The zero-order chi connectivity index (χ0) is 14.8. The Balaban J connectivity index is 2.01. The van der Waals surface area contributed by atoms with Gasteiger partial charge in [0, 0.05) is 13.6 Å². The highest BCUT2D eigenvalue weighted by Gasteiger charge is 2.43. The molecule has 106 valence electrons. The van der Waals surface area contributed by atoms with Gasteiger partial charge in [-0.15, -0.1) is 0 Å². The second-order valence-corrected chi connectivity index (χ2v) is 5.75. The number of carbonyl (C=O) groups excluding carboxylic acids is 1. The SMILES string of the molecule is CN(Cc1ccc(C#N)cc1)C(=O)[C@](C)(O)C1CCC1. The van der Waals surface area contributed by atoms with Crippen molar-refractivity contribution in [3.8, 4) is 6.07 Å². The lowest BCUT2D eigenvalue weighted by atomic mass is 9.73. The molecule has 0 unspecified atom stereocenters. The minimum Gasteiger partial charge on any atom is -0.380 e. The third-order valence-corrected chi connectivity index (χ3v) is 4.18. The smallest absolute Gasteiger partial charge is 0.254 e. The van der Waals surface area contributed by atoms with Crippen molar-refractivity contribution in [2.24, 2.45) is 5.92 Å². The van der Waals surface area contributed by atoms with E-state index in [1.807, 2.05) is 12.1 Å². The van der Waals surface area contributed by atoms with E-state index in [2.05, 4.69) is 6.07 Å². The van der Waals surface area contributed by atoms with Crippen molar-refractivity contribution in [3.05, 3.63) is 35.4 Å². The van der Waals surface area contributed by atoms with Crippen LogP contribution in [0.1, 0.15) is 37.3 Å². The number of hydrogen-bond donors (Lipinski definition) is 1. The molecule has 0 aliphatic heterocycles. The number of aliphatic hydroxyl groups is 1. The van der Waals surface area contributed by atoms with Crippen LogP contribution in [0, 0.1) is 17.2 Å². The zero-order valence-electron chi connectivity index (χ0n) is 12.0. The molecule has 0 bridgehead atoms. The summed E-state index contributed by atoms with van der Waals surface area (Å²) < 4.78 is 0. The van der Waals surface area contributed by atoms with E-state index in [4.69, 9.17) is 5.26 Å². The molecule has 4 nitrogen and oxygen atoms in total. The number of benzene rings is 1. The number of nitrogens with zero attached hydrogens (tertiary/aromatic N) is 2. The Morgan fingerprint density at radius 2 is 2.05 bits per heavy atom. The number of hydrogen-bond acceptors (Lipinski definition) is 3. The standard InChI is InChI=1S/C16H20N2O2/c1-16(20,14-4-3-5-14)15(19)18(2)11-13-8-6-12(10-17)7-9-13/h6-9,14,20H,3-5,11H2,1-2H3/t16-/m1/s1. The second kappa shape index (κ2) is 5.64. The topological polar surface area (TPSA) is 64.3 Å². The van der Waals surface area contributed by atoms with Crippen LogP contribution in [0.5, 0.6) is 0 Å². The van der Waals surface area contributed by atoms with Gasteiger partial charge in [0.25, 0.3) is 5.91 Å². The molecule has 0 aromatic heterocycles. The molecule has 1 N–H and O–H groups in total. The summed E-state index contributed by atoms with van der Waals surface area (Å²) in [5.74, 6) is -0.148. The first-order valence-corrected chi connectivity index (χ1v) is 6.92. The van der Waals surface area contributed by atoms with Crippen LogP contribution < -0.4 is 0 Å². The van der Waals surface area contributed by atoms with Gasteiger partial charge in [0.05, 0.1) is 11.6 Å². The first-order chi connectivity index (χ1) is 9.45. The van der Waals surface area contributed by atoms with Gasteiger partial charge in [-0.25, -0.2) is 0 Å². The van der Waals surface area contributed by atoms with Gasteiger partial charge < -0.3 is 10.0 Å². The normalized spacial score (nSPS) is 17.7. The van der Waals surface area contributed by atoms with Gasteiger partial charge in [-0.05, 0) is 43.4 Å². The largest absolute Gasteiger partial charge is 0.380 e. The summed E-state index contributed by atoms with van der Waals surface area (Å²) in [6.07, 6.45) is 2.93. The van der Waals surface area contributed by atoms with Crippen LogP contribution in [-0.2, 0) is 11.3 Å². The van der Waals surface area contributed by atoms with E-state index in [9.17, 15) is 9.90 Å². The summed E-state index contributed by atoms with van der Waals surface area (Å²) in [5.41, 5.74) is 0.285. The minimum absolute atomic E-state index is 0.0819. The molecular formula is C16H20N2O2. The molecule has 1 atom stereocenters. The van der Waals surface area contributed by atoms with E-state index in [0.717, 1.165) is 24.8 Å². The average molecular weight is 272 g/mol. The Morgan fingerprint density at radius 1 is 1.45 bits per heavy atom. The van der Waals surface area contributed by atoms with Crippen molar-refractivity contribution in [2.45, 2.75) is 38.3 Å². The lowest BCUT2D eigenvalue weighted by Crippen LogP contribution is -2.52. The predicted molar refractivity (Wildman–Crippen MR) is 75.6 cm³/mol. The third kappa shape index (κ3) is 2.83. The molecular weight excluding hydrogens is 252 g/mol. The fraction of sp³-hybridized carbons (Fsp3) is 0.500. The monoisotopic (exact) mass is 272 g/mol. The van der Waals surface area contributed by atoms with Crippen molar-refractivity contribution in [3.63, 3.8) is 0 Å². The number of amides is 1. The van der Waals surface area contributed by atoms with Crippen molar-refractivity contribution in [1.29, 1.82) is 5.26 Å². The zero-order valence-corrected chi connectivity index (χ0v) is 12.0. The average Bonchev–Trinajstić information content (AvgIpc) is 2.36. The quantitative estimate of drug-likeness (QED) is 0.912. The maximum Gasteiger partial charge on any atom is 0.254 e. The summed E-state index contributed by atoms with van der Waals surface area (Å²) in [6, 6.07) is 9.20. The summed E-state index contributed by atoms with van der Waals surface area (Å²) >= 11 is 0. The van der Waals surface area contributed by atoms with Crippen LogP contribution in [0.3, 0.4) is 0 Å². The molecule has 1 aliphatic carbocycles. The van der Waals surface area contributed by atoms with Gasteiger partial charge in [0.1, 0.15) is 5.60 Å². The first-order valence-electron chi connectivity index (χ1n) is 6.92. The van der Waals surface area contributed by atoms with Gasteiger partial charge in [-0.1, -0.05) is 18.6 Å². The molecule has 1 amide bonds. The minimum atomic E-state index is -1.26. The fourth-order valence-electron chi connectivity index (χ4n) is 2.56. The van der Waals surface area contributed by atoms with Gasteiger partial charge in [-0.2, -0.15) is 5.26 Å². The molecule has 0 saturated heterocycles. The molecule has 2 rings (SSSR count). The summed E-state index contributed by atoms with van der Waals surface area (Å²) in [4.78, 5) is 13.9. The molecule has 4 heteroatoms. The van der Waals surface area contributed by atoms with E-state index >= 15 is 0 Å². The van der Waals surface area contributed by atoms with Crippen LogP contribution in [0.2, 0.25) is 0 Å². The molecule has 1 aliphatic rings. The lowest BCUT2D eigenvalue weighted by Gasteiger charge is -2.39. The predicted octanol–water partition coefficient (Wildman–Crippen LogP) is 2.07. The molecule has 1 saturated carbocycles. The van der Waals surface area contributed by atoms with Crippen LogP contribution in [0.15, 0.2) is 24.3 Å². The van der Waals surface area contributed by atoms with E-state index in [-0.39, 0.29) is 11.8 Å².